The summed E-state index contributed by atoms with van der Waals surface area (Å²) in [7, 11) is 0. The molecule has 0 aliphatic rings. The Morgan fingerprint density at radius 3 is 2.00 bits per heavy atom. The number of aromatic nitrogens is 1. The molecular formula is C21H13ClF6N2O2. The van der Waals surface area contributed by atoms with Crippen molar-refractivity contribution in [3.8, 4) is 0 Å². The largest absolute Gasteiger partial charge is 0.416 e. The van der Waals surface area contributed by atoms with Gasteiger partial charge in [0, 0.05) is 16.9 Å². The average molecular weight is 475 g/mol. The van der Waals surface area contributed by atoms with Crippen LogP contribution in [-0.2, 0) is 18.9 Å². The molecule has 3 aromatic rings. The molecule has 11 heteroatoms. The van der Waals surface area contributed by atoms with Gasteiger partial charge in [-0.05, 0) is 48.0 Å². The van der Waals surface area contributed by atoms with Gasteiger partial charge < -0.3 is 9.88 Å². The number of carbonyl (C=O) groups is 1. The summed E-state index contributed by atoms with van der Waals surface area (Å²) in [4.78, 5) is 25.1. The van der Waals surface area contributed by atoms with Crippen LogP contribution in [-0.4, -0.2) is 10.5 Å². The van der Waals surface area contributed by atoms with Crippen molar-refractivity contribution in [2.45, 2.75) is 18.9 Å². The first-order chi connectivity index (χ1) is 14.8. The molecule has 0 fully saturated rings. The summed E-state index contributed by atoms with van der Waals surface area (Å²) in [5, 5.41) is 2.43. The second-order valence-corrected chi connectivity index (χ2v) is 7.17. The van der Waals surface area contributed by atoms with Crippen molar-refractivity contribution >= 4 is 23.2 Å². The zero-order valence-electron chi connectivity index (χ0n) is 15.9. The van der Waals surface area contributed by atoms with Crippen LogP contribution in [0.5, 0.6) is 0 Å². The Balaban J connectivity index is 1.92. The van der Waals surface area contributed by atoms with Gasteiger partial charge in [0.15, 0.2) is 0 Å². The van der Waals surface area contributed by atoms with E-state index in [1.54, 1.807) is 24.3 Å². The van der Waals surface area contributed by atoms with Gasteiger partial charge in [0.2, 0.25) is 0 Å². The second-order valence-electron chi connectivity index (χ2n) is 6.73. The molecule has 0 saturated carbocycles. The fourth-order valence-corrected chi connectivity index (χ4v) is 2.97. The van der Waals surface area contributed by atoms with Gasteiger partial charge in [0.25, 0.3) is 11.5 Å². The highest BCUT2D eigenvalue weighted by atomic mass is 35.5. The molecule has 0 saturated heterocycles. The number of hydrogen-bond donors (Lipinski definition) is 1. The lowest BCUT2D eigenvalue weighted by Crippen LogP contribution is -2.29. The Morgan fingerprint density at radius 2 is 1.47 bits per heavy atom. The number of carbonyl (C=O) groups excluding carboxylic acids is 1. The molecule has 0 aliphatic heterocycles. The number of pyridine rings is 1. The molecule has 0 spiro atoms. The summed E-state index contributed by atoms with van der Waals surface area (Å²) in [6, 6.07) is 9.66. The first-order valence-corrected chi connectivity index (χ1v) is 9.27. The molecule has 1 N–H and O–H groups in total. The molecule has 0 bridgehead atoms. The van der Waals surface area contributed by atoms with Crippen LogP contribution in [0.2, 0.25) is 5.02 Å². The molecule has 1 heterocycles. The number of alkyl halides is 6. The number of benzene rings is 2. The van der Waals surface area contributed by atoms with E-state index in [0.717, 1.165) is 6.07 Å². The summed E-state index contributed by atoms with van der Waals surface area (Å²) >= 11 is 5.81. The van der Waals surface area contributed by atoms with Crippen LogP contribution in [0.1, 0.15) is 27.0 Å². The van der Waals surface area contributed by atoms with Crippen molar-refractivity contribution in [2.24, 2.45) is 0 Å². The van der Waals surface area contributed by atoms with Gasteiger partial charge in [0.1, 0.15) is 5.56 Å². The third kappa shape index (κ3) is 5.50. The van der Waals surface area contributed by atoms with E-state index in [0.29, 0.717) is 22.7 Å². The van der Waals surface area contributed by atoms with Crippen molar-refractivity contribution in [1.29, 1.82) is 0 Å². The van der Waals surface area contributed by atoms with Crippen molar-refractivity contribution in [2.75, 3.05) is 5.32 Å². The van der Waals surface area contributed by atoms with Crippen LogP contribution in [0.25, 0.3) is 0 Å². The Hall–Kier alpha value is -3.27. The van der Waals surface area contributed by atoms with Crippen molar-refractivity contribution < 1.29 is 31.1 Å². The lowest BCUT2D eigenvalue weighted by molar-refractivity contribution is -0.143. The molecule has 3 rings (SSSR count). The van der Waals surface area contributed by atoms with Crippen molar-refractivity contribution in [3.05, 3.63) is 98.4 Å². The van der Waals surface area contributed by atoms with E-state index in [9.17, 15) is 35.9 Å². The van der Waals surface area contributed by atoms with Crippen molar-refractivity contribution in [1.82, 2.24) is 4.57 Å². The number of amides is 1. The van der Waals surface area contributed by atoms with Gasteiger partial charge in [-0.1, -0.05) is 23.7 Å². The van der Waals surface area contributed by atoms with Gasteiger partial charge in [-0.15, -0.1) is 0 Å². The first kappa shape index (κ1) is 23.4. The number of rotatable bonds is 4. The highest BCUT2D eigenvalue weighted by molar-refractivity contribution is 6.30. The Kier molecular flexibility index (Phi) is 6.36. The van der Waals surface area contributed by atoms with Crippen molar-refractivity contribution in [3.63, 3.8) is 0 Å². The molecule has 2 aromatic carbocycles. The molecule has 1 aromatic heterocycles. The number of nitrogens with zero attached hydrogens (tertiary/aromatic N) is 1. The molecule has 0 atom stereocenters. The maximum Gasteiger partial charge on any atom is 0.416 e. The van der Waals surface area contributed by atoms with Gasteiger partial charge in [-0.3, -0.25) is 9.59 Å². The Bertz CT molecular complexity index is 1170. The van der Waals surface area contributed by atoms with E-state index in [1.807, 2.05) is 5.32 Å². The predicted molar refractivity (Wildman–Crippen MR) is 106 cm³/mol. The number of anilines is 1. The normalized spacial score (nSPS) is 12.0. The lowest BCUT2D eigenvalue weighted by atomic mass is 10.1. The monoisotopic (exact) mass is 474 g/mol. The fraction of sp³-hybridized carbons (Fsp3) is 0.143. The minimum atomic E-state index is -5.07. The standard InChI is InChI=1S/C21H13ClF6N2O2/c22-15-5-3-12(4-6-15)11-30-7-1-2-17(19(30)32)18(31)29-16-9-13(20(23,24)25)8-14(10-16)21(26,27)28/h1-10H,11H2,(H,29,31). The van der Waals surface area contributed by atoms with Crippen LogP contribution in [0.4, 0.5) is 32.0 Å². The van der Waals surface area contributed by atoms with Crippen LogP contribution in [0, 0.1) is 0 Å². The second kappa shape index (κ2) is 8.70. The molecular weight excluding hydrogens is 462 g/mol. The van der Waals surface area contributed by atoms with Gasteiger partial charge in [-0.2, -0.15) is 26.3 Å². The summed E-state index contributed by atoms with van der Waals surface area (Å²) in [6.45, 7) is 0.0684. The van der Waals surface area contributed by atoms with Gasteiger partial charge in [-0.25, -0.2) is 0 Å². The molecule has 0 radical (unpaired) electrons. The third-order valence-corrected chi connectivity index (χ3v) is 4.63. The molecule has 32 heavy (non-hydrogen) atoms. The number of halogens is 7. The topological polar surface area (TPSA) is 51.1 Å². The van der Waals surface area contributed by atoms with E-state index < -0.39 is 46.2 Å². The van der Waals surface area contributed by atoms with E-state index >= 15 is 0 Å². The Morgan fingerprint density at radius 1 is 0.906 bits per heavy atom. The smallest absolute Gasteiger partial charge is 0.322 e. The average Bonchev–Trinajstić information content (AvgIpc) is 2.69. The highest BCUT2D eigenvalue weighted by Crippen LogP contribution is 2.37. The number of nitrogens with one attached hydrogen (secondary N) is 1. The zero-order chi connectivity index (χ0) is 23.7. The van der Waals surface area contributed by atoms with E-state index in [1.165, 1.54) is 16.8 Å². The minimum absolute atomic E-state index is 0.0583. The molecule has 0 aliphatic carbocycles. The summed E-state index contributed by atoms with van der Waals surface area (Å²) in [6.07, 6.45) is -8.75. The molecule has 4 nitrogen and oxygen atoms in total. The fourth-order valence-electron chi connectivity index (χ4n) is 2.85. The molecule has 1 amide bonds. The predicted octanol–water partition coefficient (Wildman–Crippen LogP) is 5.84. The summed E-state index contributed by atoms with van der Waals surface area (Å²) < 4.78 is 79.2. The Labute approximate surface area is 182 Å². The van der Waals surface area contributed by atoms with Crippen LogP contribution < -0.4 is 10.9 Å². The number of hydrogen-bond acceptors (Lipinski definition) is 2. The van der Waals surface area contributed by atoms with Crippen LogP contribution >= 0.6 is 11.6 Å². The van der Waals surface area contributed by atoms with Gasteiger partial charge in [0.05, 0.1) is 17.7 Å². The van der Waals surface area contributed by atoms with Crippen LogP contribution in [0.15, 0.2) is 65.6 Å². The SMILES string of the molecule is O=C(Nc1cc(C(F)(F)F)cc(C(F)(F)F)c1)c1cccn(Cc2ccc(Cl)cc2)c1=O. The highest BCUT2D eigenvalue weighted by Gasteiger charge is 2.37. The zero-order valence-corrected chi connectivity index (χ0v) is 16.6. The maximum atomic E-state index is 13.0. The molecule has 168 valence electrons. The van der Waals surface area contributed by atoms with E-state index in [-0.39, 0.29) is 12.6 Å². The third-order valence-electron chi connectivity index (χ3n) is 4.38. The van der Waals surface area contributed by atoms with E-state index in [2.05, 4.69) is 0 Å². The first-order valence-electron chi connectivity index (χ1n) is 8.89. The molecule has 0 unspecified atom stereocenters. The van der Waals surface area contributed by atoms with E-state index in [4.69, 9.17) is 11.6 Å². The lowest BCUT2D eigenvalue weighted by Gasteiger charge is -2.15. The quantitative estimate of drug-likeness (QED) is 0.483. The summed E-state index contributed by atoms with van der Waals surface area (Å²) in [5.41, 5.74) is -4.46. The summed E-state index contributed by atoms with van der Waals surface area (Å²) in [5.74, 6) is -1.15. The minimum Gasteiger partial charge on any atom is -0.322 e. The van der Waals surface area contributed by atoms with Gasteiger partial charge >= 0.3 is 12.4 Å². The van der Waals surface area contributed by atoms with Crippen LogP contribution in [0.3, 0.4) is 0 Å². The maximum absolute atomic E-state index is 13.0.